The Morgan fingerprint density at radius 1 is 1.24 bits per heavy atom. The Morgan fingerprint density at radius 3 is 2.52 bits per heavy atom. The molecule has 0 bridgehead atoms. The van der Waals surface area contributed by atoms with Gasteiger partial charge in [0.15, 0.2) is 0 Å². The van der Waals surface area contributed by atoms with Crippen LogP contribution in [0.4, 0.5) is 0 Å². The summed E-state index contributed by atoms with van der Waals surface area (Å²) in [4.78, 5) is 41.8. The van der Waals surface area contributed by atoms with Crippen molar-refractivity contribution in [3.05, 3.63) is 35.9 Å². The maximum atomic E-state index is 13.1. The van der Waals surface area contributed by atoms with Crippen molar-refractivity contribution in [2.45, 2.75) is 58.5 Å². The van der Waals surface area contributed by atoms with E-state index in [1.165, 1.54) is 14.0 Å². The molecule has 7 nitrogen and oxygen atoms in total. The monoisotopic (exact) mass is 402 g/mol. The molecule has 1 aromatic carbocycles. The zero-order valence-corrected chi connectivity index (χ0v) is 17.6. The number of methoxy groups -OCH3 is 1. The lowest BCUT2D eigenvalue weighted by molar-refractivity contribution is -0.153. The van der Waals surface area contributed by atoms with Crippen LogP contribution in [0.15, 0.2) is 35.3 Å². The smallest absolute Gasteiger partial charge is 0.328 e. The van der Waals surface area contributed by atoms with E-state index in [4.69, 9.17) is 14.5 Å². The van der Waals surface area contributed by atoms with E-state index >= 15 is 0 Å². The molecular weight excluding hydrogens is 372 g/mol. The van der Waals surface area contributed by atoms with Gasteiger partial charge in [0, 0.05) is 12.6 Å². The number of amides is 1. The van der Waals surface area contributed by atoms with E-state index in [0.29, 0.717) is 18.6 Å². The van der Waals surface area contributed by atoms with Crippen LogP contribution < -0.4 is 5.32 Å². The van der Waals surface area contributed by atoms with Crippen molar-refractivity contribution in [3.8, 4) is 0 Å². The highest BCUT2D eigenvalue weighted by Crippen LogP contribution is 2.42. The molecule has 0 heterocycles. The first-order chi connectivity index (χ1) is 13.8. The predicted octanol–water partition coefficient (Wildman–Crippen LogP) is 2.99. The number of carbonyl (C=O) groups excluding carboxylic acids is 3. The second kappa shape index (κ2) is 10.2. The number of ether oxygens (including phenoxy) is 2. The summed E-state index contributed by atoms with van der Waals surface area (Å²) in [6.07, 6.45) is 1.98. The number of rotatable bonds is 8. The lowest BCUT2D eigenvalue weighted by atomic mass is 9.78. The Balaban J connectivity index is 2.43. The molecule has 0 spiro atoms. The van der Waals surface area contributed by atoms with Crippen LogP contribution in [0.5, 0.6) is 0 Å². The highest BCUT2D eigenvalue weighted by molar-refractivity contribution is 6.08. The molecule has 1 aromatic rings. The molecule has 158 valence electrons. The number of esters is 2. The fraction of sp³-hybridized carbons (Fsp3) is 0.545. The summed E-state index contributed by atoms with van der Waals surface area (Å²) < 4.78 is 10.2. The Kier molecular flexibility index (Phi) is 7.93. The lowest BCUT2D eigenvalue weighted by Gasteiger charge is -2.31. The highest BCUT2D eigenvalue weighted by atomic mass is 16.5. The van der Waals surface area contributed by atoms with Crippen LogP contribution in [0.25, 0.3) is 0 Å². The van der Waals surface area contributed by atoms with Gasteiger partial charge in [0.25, 0.3) is 0 Å². The highest BCUT2D eigenvalue weighted by Gasteiger charge is 2.50. The summed E-state index contributed by atoms with van der Waals surface area (Å²) >= 11 is 0. The van der Waals surface area contributed by atoms with Gasteiger partial charge in [-0.15, -0.1) is 0 Å². The number of nitrogens with zero attached hydrogens (tertiary/aromatic N) is 1. The summed E-state index contributed by atoms with van der Waals surface area (Å²) in [7, 11) is 1.26. The van der Waals surface area contributed by atoms with Crippen molar-refractivity contribution in [1.29, 1.82) is 0 Å². The molecule has 1 N–H and O–H groups in total. The number of aliphatic imine (C=N–C) groups is 1. The van der Waals surface area contributed by atoms with Crippen molar-refractivity contribution in [3.63, 3.8) is 0 Å². The molecule has 0 aliphatic heterocycles. The second-order valence-corrected chi connectivity index (χ2v) is 7.30. The van der Waals surface area contributed by atoms with E-state index in [1.807, 2.05) is 37.3 Å². The maximum Gasteiger partial charge on any atom is 0.328 e. The van der Waals surface area contributed by atoms with Crippen LogP contribution in [0.1, 0.15) is 58.1 Å². The molecule has 3 atom stereocenters. The van der Waals surface area contributed by atoms with Crippen LogP contribution in [-0.2, 0) is 23.9 Å². The molecule has 29 heavy (non-hydrogen) atoms. The summed E-state index contributed by atoms with van der Waals surface area (Å²) in [5.74, 6) is -1.37. The zero-order valence-electron chi connectivity index (χ0n) is 17.6. The first-order valence-corrected chi connectivity index (χ1v) is 9.98. The van der Waals surface area contributed by atoms with Gasteiger partial charge in [-0.3, -0.25) is 14.6 Å². The summed E-state index contributed by atoms with van der Waals surface area (Å²) in [5, 5.41) is 2.61. The SMILES string of the molecule is CCOC(=O)[C@]1(C[C@H](NC(C)=O)C(=O)OC)CCCC1=NC(C)c1ccccc1. The van der Waals surface area contributed by atoms with Crippen LogP contribution in [0.2, 0.25) is 0 Å². The van der Waals surface area contributed by atoms with Gasteiger partial charge in [0.2, 0.25) is 5.91 Å². The molecule has 1 fully saturated rings. The fourth-order valence-electron chi connectivity index (χ4n) is 3.89. The van der Waals surface area contributed by atoms with Crippen LogP contribution in [0.3, 0.4) is 0 Å². The van der Waals surface area contributed by atoms with Crippen LogP contribution in [0, 0.1) is 5.41 Å². The fourth-order valence-corrected chi connectivity index (χ4v) is 3.89. The Hall–Kier alpha value is -2.70. The zero-order chi connectivity index (χ0) is 21.4. The predicted molar refractivity (Wildman–Crippen MR) is 109 cm³/mol. The van der Waals surface area contributed by atoms with E-state index in [9.17, 15) is 14.4 Å². The van der Waals surface area contributed by atoms with Gasteiger partial charge < -0.3 is 14.8 Å². The third-order valence-corrected chi connectivity index (χ3v) is 5.28. The van der Waals surface area contributed by atoms with Gasteiger partial charge in [0.05, 0.1) is 19.8 Å². The van der Waals surface area contributed by atoms with Gasteiger partial charge in [-0.05, 0) is 45.1 Å². The number of hydrogen-bond acceptors (Lipinski definition) is 6. The number of carbonyl (C=O) groups is 3. The van der Waals surface area contributed by atoms with Crippen molar-refractivity contribution >= 4 is 23.6 Å². The van der Waals surface area contributed by atoms with E-state index < -0.39 is 23.4 Å². The van der Waals surface area contributed by atoms with Crippen molar-refractivity contribution < 1.29 is 23.9 Å². The molecule has 1 saturated carbocycles. The first kappa shape index (κ1) is 22.6. The number of nitrogens with one attached hydrogen (secondary N) is 1. The molecule has 0 saturated heterocycles. The van der Waals surface area contributed by atoms with Gasteiger partial charge in [-0.25, -0.2) is 4.79 Å². The first-order valence-electron chi connectivity index (χ1n) is 9.98. The van der Waals surface area contributed by atoms with E-state index in [-0.39, 0.29) is 25.0 Å². The third kappa shape index (κ3) is 5.43. The number of hydrogen-bond donors (Lipinski definition) is 1. The van der Waals surface area contributed by atoms with Crippen molar-refractivity contribution in [1.82, 2.24) is 5.32 Å². The van der Waals surface area contributed by atoms with Crippen molar-refractivity contribution in [2.24, 2.45) is 10.4 Å². The van der Waals surface area contributed by atoms with Gasteiger partial charge >= 0.3 is 11.9 Å². The number of benzene rings is 1. The third-order valence-electron chi connectivity index (χ3n) is 5.28. The summed E-state index contributed by atoms with van der Waals surface area (Å²) in [6.45, 7) is 5.27. The average Bonchev–Trinajstić information content (AvgIpc) is 3.10. The second-order valence-electron chi connectivity index (χ2n) is 7.30. The summed E-state index contributed by atoms with van der Waals surface area (Å²) in [5.41, 5.74) is 0.697. The minimum atomic E-state index is -1.06. The minimum absolute atomic E-state index is 0.0679. The Morgan fingerprint density at radius 2 is 1.93 bits per heavy atom. The lowest BCUT2D eigenvalue weighted by Crippen LogP contribution is -2.48. The van der Waals surface area contributed by atoms with Crippen LogP contribution >= 0.6 is 0 Å². The molecule has 1 aliphatic rings. The van der Waals surface area contributed by atoms with Gasteiger partial charge in [-0.2, -0.15) is 0 Å². The van der Waals surface area contributed by atoms with Crippen molar-refractivity contribution in [2.75, 3.05) is 13.7 Å². The van der Waals surface area contributed by atoms with E-state index in [0.717, 1.165) is 12.0 Å². The molecular formula is C22H30N2O5. The molecule has 7 heteroatoms. The normalized spacial score (nSPS) is 22.0. The molecule has 1 amide bonds. The van der Waals surface area contributed by atoms with Crippen LogP contribution in [-0.4, -0.2) is 43.3 Å². The van der Waals surface area contributed by atoms with E-state index in [1.54, 1.807) is 6.92 Å². The largest absolute Gasteiger partial charge is 0.467 e. The quantitative estimate of drug-likeness (QED) is 0.675. The van der Waals surface area contributed by atoms with E-state index in [2.05, 4.69) is 5.32 Å². The Labute approximate surface area is 171 Å². The minimum Gasteiger partial charge on any atom is -0.467 e. The molecule has 1 aliphatic carbocycles. The van der Waals surface area contributed by atoms with Gasteiger partial charge in [-0.1, -0.05) is 30.3 Å². The van der Waals surface area contributed by atoms with Gasteiger partial charge in [0.1, 0.15) is 11.5 Å². The average molecular weight is 402 g/mol. The topological polar surface area (TPSA) is 94.1 Å². The maximum absolute atomic E-state index is 13.1. The molecule has 0 aromatic heterocycles. The molecule has 2 rings (SSSR count). The molecule has 1 unspecified atom stereocenters. The molecule has 0 radical (unpaired) electrons. The Bertz CT molecular complexity index is 762. The standard InChI is InChI=1S/C22H30N2O5/c1-5-29-21(27)22(14-18(20(26)28-4)24-16(3)25)13-9-12-19(22)23-15(2)17-10-7-6-8-11-17/h6-8,10-11,15,18H,5,9,12-14H2,1-4H3,(H,24,25)/t15?,18-,22-/m0/s1. The summed E-state index contributed by atoms with van der Waals surface area (Å²) in [6, 6.07) is 8.73.